The van der Waals surface area contributed by atoms with Crippen molar-refractivity contribution in [2.24, 2.45) is 17.6 Å². The average molecular weight is 286 g/mol. The highest BCUT2D eigenvalue weighted by Gasteiger charge is 2.30. The van der Waals surface area contributed by atoms with Crippen molar-refractivity contribution >= 4 is 11.0 Å². The molecule has 3 heteroatoms. The first kappa shape index (κ1) is 14.6. The first-order valence-electron chi connectivity index (χ1n) is 8.04. The first-order chi connectivity index (χ1) is 10.1. The number of nitrogens with two attached hydrogens (primary N) is 1. The van der Waals surface area contributed by atoms with Crippen molar-refractivity contribution in [2.45, 2.75) is 33.2 Å². The summed E-state index contributed by atoms with van der Waals surface area (Å²) in [6.07, 6.45) is 1.26. The molecule has 3 unspecified atom stereocenters. The van der Waals surface area contributed by atoms with Crippen molar-refractivity contribution in [3.63, 3.8) is 0 Å². The highest BCUT2D eigenvalue weighted by atomic mass is 16.3. The van der Waals surface area contributed by atoms with E-state index in [0.29, 0.717) is 6.54 Å². The lowest BCUT2D eigenvalue weighted by Crippen LogP contribution is -2.43. The van der Waals surface area contributed by atoms with E-state index in [1.807, 2.05) is 12.1 Å². The molecule has 1 aromatic heterocycles. The average Bonchev–Trinajstić information content (AvgIpc) is 2.80. The zero-order valence-electron chi connectivity index (χ0n) is 13.3. The molecule has 21 heavy (non-hydrogen) atoms. The molecule has 0 amide bonds. The van der Waals surface area contributed by atoms with Crippen LogP contribution in [-0.2, 0) is 0 Å². The fraction of sp³-hybridized carbons (Fsp3) is 0.556. The second-order valence-electron chi connectivity index (χ2n) is 6.56. The molecule has 3 rings (SSSR count). The van der Waals surface area contributed by atoms with Gasteiger partial charge in [0.15, 0.2) is 0 Å². The number of para-hydroxylation sites is 1. The van der Waals surface area contributed by atoms with Crippen LogP contribution in [0.15, 0.2) is 28.7 Å². The van der Waals surface area contributed by atoms with Crippen molar-refractivity contribution in [3.8, 4) is 0 Å². The topological polar surface area (TPSA) is 42.4 Å². The van der Waals surface area contributed by atoms with E-state index >= 15 is 0 Å². The molecule has 3 nitrogen and oxygen atoms in total. The molecule has 2 aromatic rings. The van der Waals surface area contributed by atoms with Crippen LogP contribution in [0.4, 0.5) is 0 Å². The summed E-state index contributed by atoms with van der Waals surface area (Å²) in [6.45, 7) is 9.68. The van der Waals surface area contributed by atoms with Gasteiger partial charge in [-0.1, -0.05) is 32.0 Å². The van der Waals surface area contributed by atoms with Gasteiger partial charge in [0.05, 0.1) is 6.04 Å². The number of rotatable bonds is 3. The van der Waals surface area contributed by atoms with Crippen LogP contribution in [0, 0.1) is 18.8 Å². The van der Waals surface area contributed by atoms with Crippen LogP contribution in [0.2, 0.25) is 0 Å². The van der Waals surface area contributed by atoms with Crippen LogP contribution >= 0.6 is 0 Å². The Kier molecular flexibility index (Phi) is 4.05. The van der Waals surface area contributed by atoms with E-state index in [4.69, 9.17) is 10.2 Å². The van der Waals surface area contributed by atoms with Crippen molar-refractivity contribution in [3.05, 3.63) is 35.6 Å². The van der Waals surface area contributed by atoms with Gasteiger partial charge >= 0.3 is 0 Å². The first-order valence-corrected chi connectivity index (χ1v) is 8.04. The van der Waals surface area contributed by atoms with Gasteiger partial charge in [0.2, 0.25) is 0 Å². The minimum Gasteiger partial charge on any atom is -0.461 e. The van der Waals surface area contributed by atoms with Crippen LogP contribution in [0.3, 0.4) is 0 Å². The standard InChI is InChI=1S/C18H26N2O/c1-12-8-9-20(11-13(12)2)16(10-19)18-14(3)21-17-7-5-4-6-15(17)18/h4-7,12-13,16H,8-11,19H2,1-3H3. The predicted molar refractivity (Wildman–Crippen MR) is 87.3 cm³/mol. The number of benzene rings is 1. The minimum absolute atomic E-state index is 0.267. The van der Waals surface area contributed by atoms with Crippen molar-refractivity contribution < 1.29 is 4.42 Å². The molecule has 3 atom stereocenters. The van der Waals surface area contributed by atoms with E-state index in [1.165, 1.54) is 17.4 Å². The number of aryl methyl sites for hydroxylation is 1. The Bertz CT molecular complexity index is 619. The van der Waals surface area contributed by atoms with Gasteiger partial charge in [0.1, 0.15) is 11.3 Å². The van der Waals surface area contributed by atoms with Gasteiger partial charge in [-0.3, -0.25) is 4.90 Å². The summed E-state index contributed by atoms with van der Waals surface area (Å²) in [4.78, 5) is 2.55. The highest BCUT2D eigenvalue weighted by Crippen LogP contribution is 2.36. The number of fused-ring (bicyclic) bond motifs is 1. The Labute approximate surface area is 127 Å². The van der Waals surface area contributed by atoms with E-state index in [1.54, 1.807) is 0 Å². The van der Waals surface area contributed by atoms with Crippen LogP contribution in [0.25, 0.3) is 11.0 Å². The van der Waals surface area contributed by atoms with Crippen LogP contribution in [-0.4, -0.2) is 24.5 Å². The van der Waals surface area contributed by atoms with Gasteiger partial charge in [-0.15, -0.1) is 0 Å². The second-order valence-corrected chi connectivity index (χ2v) is 6.56. The Morgan fingerprint density at radius 2 is 2.05 bits per heavy atom. The maximum atomic E-state index is 6.15. The van der Waals surface area contributed by atoms with Gasteiger partial charge in [-0.05, 0) is 37.8 Å². The van der Waals surface area contributed by atoms with E-state index in [9.17, 15) is 0 Å². The molecule has 0 spiro atoms. The molecule has 1 aromatic carbocycles. The molecule has 114 valence electrons. The van der Waals surface area contributed by atoms with Gasteiger partial charge < -0.3 is 10.2 Å². The molecule has 1 aliphatic heterocycles. The zero-order chi connectivity index (χ0) is 15.0. The summed E-state index contributed by atoms with van der Waals surface area (Å²) >= 11 is 0. The number of hydrogen-bond acceptors (Lipinski definition) is 3. The number of nitrogens with zero attached hydrogens (tertiary/aromatic N) is 1. The van der Waals surface area contributed by atoms with Crippen molar-refractivity contribution in [1.29, 1.82) is 0 Å². The fourth-order valence-corrected chi connectivity index (χ4v) is 3.63. The normalized spacial score (nSPS) is 25.3. The molecule has 2 heterocycles. The van der Waals surface area contributed by atoms with Crippen molar-refractivity contribution in [2.75, 3.05) is 19.6 Å². The molecule has 1 aliphatic rings. The summed E-state index contributed by atoms with van der Waals surface area (Å²) in [5.41, 5.74) is 8.41. The molecular weight excluding hydrogens is 260 g/mol. The molecule has 0 bridgehead atoms. The van der Waals surface area contributed by atoms with Gasteiger partial charge in [0.25, 0.3) is 0 Å². The van der Waals surface area contributed by atoms with E-state index < -0.39 is 0 Å². The van der Waals surface area contributed by atoms with Crippen molar-refractivity contribution in [1.82, 2.24) is 4.90 Å². The Hall–Kier alpha value is -1.32. The molecule has 0 aliphatic carbocycles. The number of furan rings is 1. The Morgan fingerprint density at radius 1 is 1.29 bits per heavy atom. The van der Waals surface area contributed by atoms with Crippen LogP contribution in [0.1, 0.15) is 37.6 Å². The van der Waals surface area contributed by atoms with Gasteiger partial charge in [-0.25, -0.2) is 0 Å². The molecular formula is C18H26N2O. The lowest BCUT2D eigenvalue weighted by atomic mass is 9.87. The summed E-state index contributed by atoms with van der Waals surface area (Å²) in [5.74, 6) is 2.55. The third-order valence-corrected chi connectivity index (χ3v) is 5.18. The second kappa shape index (κ2) is 5.82. The van der Waals surface area contributed by atoms with Crippen LogP contribution in [0.5, 0.6) is 0 Å². The molecule has 1 saturated heterocycles. The predicted octanol–water partition coefficient (Wildman–Crippen LogP) is 3.72. The lowest BCUT2D eigenvalue weighted by Gasteiger charge is -2.40. The monoisotopic (exact) mass is 286 g/mol. The number of likely N-dealkylation sites (tertiary alicyclic amines) is 1. The lowest BCUT2D eigenvalue weighted by molar-refractivity contribution is 0.0981. The third kappa shape index (κ3) is 2.60. The number of piperidine rings is 1. The van der Waals surface area contributed by atoms with E-state index in [0.717, 1.165) is 36.3 Å². The van der Waals surface area contributed by atoms with Gasteiger partial charge in [-0.2, -0.15) is 0 Å². The fourth-order valence-electron chi connectivity index (χ4n) is 3.63. The highest BCUT2D eigenvalue weighted by molar-refractivity contribution is 5.82. The SMILES string of the molecule is Cc1oc2ccccc2c1C(CN)N1CCC(C)C(C)C1. The Morgan fingerprint density at radius 3 is 2.76 bits per heavy atom. The van der Waals surface area contributed by atoms with Crippen LogP contribution < -0.4 is 5.73 Å². The molecule has 0 saturated carbocycles. The quantitative estimate of drug-likeness (QED) is 0.935. The van der Waals surface area contributed by atoms with Gasteiger partial charge in [0, 0.05) is 24.0 Å². The molecule has 2 N–H and O–H groups in total. The summed E-state index contributed by atoms with van der Waals surface area (Å²) in [6, 6.07) is 8.57. The minimum atomic E-state index is 0.267. The Balaban J connectivity index is 1.97. The molecule has 0 radical (unpaired) electrons. The smallest absolute Gasteiger partial charge is 0.134 e. The summed E-state index contributed by atoms with van der Waals surface area (Å²) in [7, 11) is 0. The zero-order valence-corrected chi connectivity index (χ0v) is 13.3. The largest absolute Gasteiger partial charge is 0.461 e. The van der Waals surface area contributed by atoms with E-state index in [2.05, 4.69) is 37.8 Å². The summed E-state index contributed by atoms with van der Waals surface area (Å²) < 4.78 is 5.94. The number of hydrogen-bond donors (Lipinski definition) is 1. The maximum Gasteiger partial charge on any atom is 0.134 e. The summed E-state index contributed by atoms with van der Waals surface area (Å²) in [5, 5.41) is 1.22. The van der Waals surface area contributed by atoms with E-state index in [-0.39, 0.29) is 6.04 Å². The molecule has 1 fully saturated rings. The third-order valence-electron chi connectivity index (χ3n) is 5.18. The maximum absolute atomic E-state index is 6.15.